The van der Waals surface area contributed by atoms with E-state index in [0.29, 0.717) is 28.6 Å². The van der Waals surface area contributed by atoms with E-state index >= 15 is 0 Å². The lowest BCUT2D eigenvalue weighted by atomic mass is 9.96. The van der Waals surface area contributed by atoms with Gasteiger partial charge in [-0.2, -0.15) is 0 Å². The molecule has 0 spiro atoms. The summed E-state index contributed by atoms with van der Waals surface area (Å²) in [6.45, 7) is 12.1. The van der Waals surface area contributed by atoms with Crippen LogP contribution in [0.2, 0.25) is 0 Å². The number of nitrogens with two attached hydrogens (primary N) is 1. The van der Waals surface area contributed by atoms with Gasteiger partial charge >= 0.3 is 17.9 Å². The highest BCUT2D eigenvalue weighted by molar-refractivity contribution is 5.99. The Bertz CT molecular complexity index is 2470. The first kappa shape index (κ1) is 60.4. The van der Waals surface area contributed by atoms with Crippen LogP contribution in [0.15, 0.2) is 43.0 Å². The third-order valence-electron chi connectivity index (χ3n) is 12.1. The monoisotopic (exact) mass is 1040 g/mol. The van der Waals surface area contributed by atoms with Crippen LogP contribution in [0.3, 0.4) is 0 Å². The number of carbonyl (C=O) groups excluding carboxylic acids is 8. The number of H-pyrrole nitrogens is 2. The first-order valence-corrected chi connectivity index (χ1v) is 24.1. The molecule has 0 aliphatic carbocycles. The number of para-hydroxylation sites is 1. The molecule has 0 radical (unpaired) electrons. The van der Waals surface area contributed by atoms with Gasteiger partial charge in [-0.25, -0.2) is 9.78 Å². The Morgan fingerprint density at radius 3 is 1.64 bits per heavy atom. The summed E-state index contributed by atoms with van der Waals surface area (Å²) in [6, 6.07) is -4.65. The summed E-state index contributed by atoms with van der Waals surface area (Å²) < 4.78 is 0. The van der Waals surface area contributed by atoms with Crippen LogP contribution in [0.1, 0.15) is 85.9 Å². The molecule has 0 aliphatic rings. The minimum absolute atomic E-state index is 0.228. The van der Waals surface area contributed by atoms with Gasteiger partial charge < -0.3 is 73.6 Å². The van der Waals surface area contributed by atoms with Crippen molar-refractivity contribution in [2.45, 2.75) is 136 Å². The van der Waals surface area contributed by atoms with Gasteiger partial charge in [0.1, 0.15) is 42.3 Å². The van der Waals surface area contributed by atoms with Gasteiger partial charge in [-0.1, -0.05) is 80.0 Å². The Morgan fingerprint density at radius 1 is 0.581 bits per heavy atom. The molecule has 3 rings (SSSR count). The highest BCUT2D eigenvalue weighted by Gasteiger charge is 2.37. The Balaban J connectivity index is 1.94. The van der Waals surface area contributed by atoms with Crippen molar-refractivity contribution in [1.82, 2.24) is 57.5 Å². The molecule has 3 aromatic rings. The quantitative estimate of drug-likeness (QED) is 0.0364. The Hall–Kier alpha value is -7.90. The third-order valence-corrected chi connectivity index (χ3v) is 12.1. The summed E-state index contributed by atoms with van der Waals surface area (Å²) in [4.78, 5) is 155. The van der Waals surface area contributed by atoms with E-state index in [9.17, 15) is 68.1 Å². The molecule has 26 heteroatoms. The van der Waals surface area contributed by atoms with Crippen molar-refractivity contribution in [2.75, 3.05) is 6.54 Å². The second kappa shape index (κ2) is 28.4. The first-order valence-electron chi connectivity index (χ1n) is 24.1. The second-order valence-corrected chi connectivity index (χ2v) is 19.0. The van der Waals surface area contributed by atoms with Crippen molar-refractivity contribution in [3.63, 3.8) is 0 Å². The molecule has 26 nitrogen and oxygen atoms in total. The van der Waals surface area contributed by atoms with E-state index in [1.165, 1.54) is 12.5 Å². The fourth-order valence-electron chi connectivity index (χ4n) is 7.46. The summed E-state index contributed by atoms with van der Waals surface area (Å²) in [5, 5.41) is 49.0. The van der Waals surface area contributed by atoms with Crippen LogP contribution < -0.4 is 48.3 Å². The van der Waals surface area contributed by atoms with E-state index in [2.05, 4.69) is 57.5 Å². The summed E-state index contributed by atoms with van der Waals surface area (Å²) in [6.07, 6.45) is 2.31. The number of carboxylic acids is 3. The number of nitrogens with zero attached hydrogens (tertiary/aromatic N) is 1. The fourth-order valence-corrected chi connectivity index (χ4v) is 7.46. The molecule has 406 valence electrons. The van der Waals surface area contributed by atoms with E-state index < -0.39 is 151 Å². The number of hydrogen-bond acceptors (Lipinski definition) is 13. The largest absolute Gasteiger partial charge is 0.481 e. The van der Waals surface area contributed by atoms with Gasteiger partial charge in [-0.05, 0) is 35.3 Å². The smallest absolute Gasteiger partial charge is 0.326 e. The average Bonchev–Trinajstić information content (AvgIpc) is 4.01. The fraction of sp³-hybridized carbons (Fsp3) is 0.542. The van der Waals surface area contributed by atoms with Crippen LogP contribution in [-0.2, 0) is 65.6 Å². The predicted octanol–water partition coefficient (Wildman–Crippen LogP) is -1.44. The normalized spacial score (nSPS) is 15.0. The zero-order valence-corrected chi connectivity index (χ0v) is 42.6. The number of carboxylic acid groups (broad SMARTS) is 3. The molecule has 0 saturated carbocycles. The molecular formula is C48H70N12O14. The minimum Gasteiger partial charge on any atom is -0.481 e. The van der Waals surface area contributed by atoms with Gasteiger partial charge in [0.2, 0.25) is 47.3 Å². The molecule has 0 bridgehead atoms. The van der Waals surface area contributed by atoms with Crippen molar-refractivity contribution in [3.8, 4) is 0 Å². The minimum atomic E-state index is -1.81. The number of fused-ring (bicyclic) bond motifs is 1. The molecule has 0 unspecified atom stereocenters. The number of imidazole rings is 1. The molecule has 15 N–H and O–H groups in total. The zero-order valence-electron chi connectivity index (χ0n) is 42.6. The van der Waals surface area contributed by atoms with E-state index in [1.807, 2.05) is 0 Å². The predicted molar refractivity (Wildman–Crippen MR) is 265 cm³/mol. The zero-order chi connectivity index (χ0) is 55.6. The van der Waals surface area contributed by atoms with Gasteiger partial charge in [-0.3, -0.25) is 47.9 Å². The van der Waals surface area contributed by atoms with E-state index in [0.717, 1.165) is 0 Å². The number of rotatable bonds is 30. The maximum absolute atomic E-state index is 14.4. The maximum Gasteiger partial charge on any atom is 0.326 e. The van der Waals surface area contributed by atoms with Gasteiger partial charge in [0.15, 0.2) is 0 Å². The number of aromatic amines is 2. The molecule has 74 heavy (non-hydrogen) atoms. The van der Waals surface area contributed by atoms with E-state index in [1.54, 1.807) is 85.9 Å². The van der Waals surface area contributed by atoms with Crippen molar-refractivity contribution in [1.29, 1.82) is 0 Å². The lowest BCUT2D eigenvalue weighted by Gasteiger charge is -2.30. The highest BCUT2D eigenvalue weighted by atomic mass is 16.4. The number of carbonyl (C=O) groups is 11. The molecule has 0 fully saturated rings. The molecule has 0 aliphatic heterocycles. The van der Waals surface area contributed by atoms with Crippen molar-refractivity contribution >= 4 is 76.1 Å². The van der Waals surface area contributed by atoms with Crippen LogP contribution in [0.25, 0.3) is 10.9 Å². The van der Waals surface area contributed by atoms with Crippen LogP contribution in [0, 0.1) is 23.7 Å². The van der Waals surface area contributed by atoms with E-state index in [4.69, 9.17) is 5.73 Å². The molecule has 9 atom stereocenters. The maximum atomic E-state index is 14.4. The molecule has 8 amide bonds. The van der Waals surface area contributed by atoms with Crippen molar-refractivity contribution < 1.29 is 68.1 Å². The lowest BCUT2D eigenvalue weighted by molar-refractivity contribution is -0.143. The second-order valence-electron chi connectivity index (χ2n) is 19.0. The Kier molecular flexibility index (Phi) is 23.2. The van der Waals surface area contributed by atoms with Gasteiger partial charge in [0, 0.05) is 41.8 Å². The standard InChI is InChI=1S/C48H70N12O14/c1-9-25(8)40(60-44(69)33(17-36(64)65)55-45(70)37(49)22(2)3)47(72)57-31(15-27-19-50-21-53-27)43(68)59-38(23(4)5)46(71)56-30(14-26-18-51-29-13-11-10-12-28(26)29)42(67)54-32(16-35(62)63)41(66)52-20-34(61)58-39(24(6)7)48(73)74/h10-13,18-19,21-25,30-33,37-40,51H,9,14-17,20,49H2,1-8H3,(H,50,53)(H,52,66)(H,54,67)(H,55,70)(H,56,71)(H,57,72)(H,58,61)(H,59,68)(H,60,69)(H,62,63)(H,64,65)(H,73,74)/t25-,30-,31-,32-,33-,37-,38-,39-,40-/m0/s1. The van der Waals surface area contributed by atoms with Crippen LogP contribution in [0.5, 0.6) is 0 Å². The molecule has 1 aromatic carbocycles. The number of nitrogens with one attached hydrogen (secondary N) is 10. The summed E-state index contributed by atoms with van der Waals surface area (Å²) >= 11 is 0. The number of aromatic nitrogens is 3. The Labute approximate surface area is 426 Å². The number of aliphatic carboxylic acids is 3. The first-order chi connectivity index (χ1) is 34.7. The van der Waals surface area contributed by atoms with E-state index in [-0.39, 0.29) is 18.8 Å². The van der Waals surface area contributed by atoms with Gasteiger partial charge in [0.05, 0.1) is 31.8 Å². The average molecular weight is 1040 g/mol. The summed E-state index contributed by atoms with van der Waals surface area (Å²) in [5.41, 5.74) is 7.48. The molecular weight excluding hydrogens is 969 g/mol. The summed E-state index contributed by atoms with van der Waals surface area (Å²) in [5.74, 6) is -14.0. The topological polar surface area (TPSA) is 415 Å². The molecule has 0 saturated heterocycles. The summed E-state index contributed by atoms with van der Waals surface area (Å²) in [7, 11) is 0. The molecule has 2 aromatic heterocycles. The number of amides is 8. The van der Waals surface area contributed by atoms with Crippen LogP contribution in [-0.4, -0.2) is 150 Å². The van der Waals surface area contributed by atoms with Crippen LogP contribution >= 0.6 is 0 Å². The lowest BCUT2D eigenvalue weighted by Crippen LogP contribution is -2.62. The molecule has 2 heterocycles. The third kappa shape index (κ3) is 18.3. The SMILES string of the molecule is CC[C@H](C)[C@H](NC(=O)[C@H](CC(=O)O)NC(=O)[C@@H](N)C(C)C)C(=O)N[C@@H](Cc1cnc[nH]1)C(=O)N[C@H](C(=O)N[C@@H](Cc1c[nH]c2ccccc12)C(=O)N[C@@H](CC(=O)O)C(=O)NCC(=O)N[C@H](C(=O)O)C(C)C)C(C)C. The van der Waals surface area contributed by atoms with Gasteiger partial charge in [-0.15, -0.1) is 0 Å². The Morgan fingerprint density at radius 2 is 1.09 bits per heavy atom. The van der Waals surface area contributed by atoms with Crippen molar-refractivity contribution in [3.05, 3.63) is 54.2 Å². The van der Waals surface area contributed by atoms with Gasteiger partial charge in [0.25, 0.3) is 0 Å². The highest BCUT2D eigenvalue weighted by Crippen LogP contribution is 2.20. The van der Waals surface area contributed by atoms with Crippen LogP contribution in [0.4, 0.5) is 0 Å². The number of hydrogen-bond donors (Lipinski definition) is 14. The van der Waals surface area contributed by atoms with Crippen molar-refractivity contribution in [2.24, 2.45) is 29.4 Å². The number of benzene rings is 1.